The van der Waals surface area contributed by atoms with Crippen LogP contribution < -0.4 is 10.1 Å². The number of anilines is 1. The third-order valence-corrected chi connectivity index (χ3v) is 9.28. The highest BCUT2D eigenvalue weighted by molar-refractivity contribution is 5.93. The minimum absolute atomic E-state index is 0.0679. The van der Waals surface area contributed by atoms with Crippen LogP contribution in [-0.4, -0.2) is 29.1 Å². The maximum atomic E-state index is 13.8. The van der Waals surface area contributed by atoms with Crippen molar-refractivity contribution in [3.05, 3.63) is 89.0 Å². The van der Waals surface area contributed by atoms with Crippen molar-refractivity contribution in [1.82, 2.24) is 0 Å². The predicted octanol–water partition coefficient (Wildman–Crippen LogP) is 8.93. The van der Waals surface area contributed by atoms with Gasteiger partial charge in [0, 0.05) is 29.2 Å². The summed E-state index contributed by atoms with van der Waals surface area (Å²) in [6.45, 7) is 6.41. The molecule has 5 rings (SSSR count). The standard InChI is InChI=1S/C39H47NO6/c1-39(2,3)32-20-18-27(17-19-28(23-26-11-5-4-6-12-26)45-38(44)22-21-37(42)43)24-33(32)40-36(41)25-31-29-13-7-9-15-34(29)46-35-16-10-8-14-30(31)35/h7-10,13-16,18,20,24,26,28,31H,4-6,11-12,17,19,21-23,25H2,1-3H3,(H,40,41)(H,42,43)/t28-/m1/s1. The number of hydrogen-bond donors (Lipinski definition) is 2. The number of para-hydroxylation sites is 2. The fraction of sp³-hybridized carbons (Fsp3) is 0.462. The lowest BCUT2D eigenvalue weighted by atomic mass is 9.83. The fourth-order valence-corrected chi connectivity index (χ4v) is 6.92. The normalized spacial score (nSPS) is 15.6. The Morgan fingerprint density at radius 1 is 0.913 bits per heavy atom. The highest BCUT2D eigenvalue weighted by atomic mass is 16.5. The Bertz CT molecular complexity index is 1490. The average molecular weight is 626 g/mol. The zero-order chi connectivity index (χ0) is 32.7. The Morgan fingerprint density at radius 3 is 2.20 bits per heavy atom. The van der Waals surface area contributed by atoms with Crippen LogP contribution in [0.2, 0.25) is 0 Å². The number of fused-ring (bicyclic) bond motifs is 2. The maximum absolute atomic E-state index is 13.8. The Morgan fingerprint density at radius 2 is 1.57 bits per heavy atom. The second-order valence-electron chi connectivity index (χ2n) is 13.9. The van der Waals surface area contributed by atoms with Gasteiger partial charge in [-0.2, -0.15) is 0 Å². The van der Waals surface area contributed by atoms with Crippen molar-refractivity contribution in [2.24, 2.45) is 5.92 Å². The summed E-state index contributed by atoms with van der Waals surface area (Å²) in [5.41, 5.74) is 4.72. The molecule has 1 aliphatic carbocycles. The second-order valence-corrected chi connectivity index (χ2v) is 13.9. The molecule has 3 aromatic rings. The molecular weight excluding hydrogens is 578 g/mol. The lowest BCUT2D eigenvalue weighted by Crippen LogP contribution is -2.24. The Labute approximate surface area is 272 Å². The molecule has 0 saturated heterocycles. The molecule has 2 N–H and O–H groups in total. The van der Waals surface area contributed by atoms with E-state index in [1.165, 1.54) is 19.3 Å². The Kier molecular flexibility index (Phi) is 10.8. The quantitative estimate of drug-likeness (QED) is 0.195. The molecule has 0 bridgehead atoms. The van der Waals surface area contributed by atoms with Crippen LogP contribution in [0.5, 0.6) is 11.5 Å². The van der Waals surface area contributed by atoms with E-state index in [4.69, 9.17) is 14.6 Å². The van der Waals surface area contributed by atoms with Gasteiger partial charge in [-0.15, -0.1) is 0 Å². The largest absolute Gasteiger partial charge is 0.481 e. The molecule has 0 unspecified atom stereocenters. The van der Waals surface area contributed by atoms with Crippen LogP contribution in [0.25, 0.3) is 0 Å². The number of hydrogen-bond acceptors (Lipinski definition) is 5. The summed E-state index contributed by atoms with van der Waals surface area (Å²) in [6.07, 6.45) is 7.73. The van der Waals surface area contributed by atoms with Crippen molar-refractivity contribution in [2.45, 2.75) is 109 Å². The highest BCUT2D eigenvalue weighted by Gasteiger charge is 2.30. The number of aryl methyl sites for hydroxylation is 1. The van der Waals surface area contributed by atoms with E-state index in [9.17, 15) is 14.4 Å². The van der Waals surface area contributed by atoms with Crippen LogP contribution >= 0.6 is 0 Å². The zero-order valence-corrected chi connectivity index (χ0v) is 27.3. The van der Waals surface area contributed by atoms with E-state index in [0.29, 0.717) is 18.8 Å². The van der Waals surface area contributed by atoms with Crippen LogP contribution in [-0.2, 0) is 31.0 Å². The summed E-state index contributed by atoms with van der Waals surface area (Å²) >= 11 is 0. The third-order valence-electron chi connectivity index (χ3n) is 9.28. The molecule has 1 atom stereocenters. The van der Waals surface area contributed by atoms with E-state index in [1.807, 2.05) is 48.5 Å². The Hall–Kier alpha value is -4.13. The van der Waals surface area contributed by atoms with Crippen molar-refractivity contribution < 1.29 is 29.0 Å². The number of rotatable bonds is 12. The molecule has 0 spiro atoms. The molecule has 0 aromatic heterocycles. The molecule has 0 radical (unpaired) electrons. The van der Waals surface area contributed by atoms with Gasteiger partial charge in [-0.05, 0) is 59.9 Å². The first-order chi connectivity index (χ1) is 22.1. The highest BCUT2D eigenvalue weighted by Crippen LogP contribution is 2.45. The number of aliphatic carboxylic acids is 1. The number of amides is 1. The zero-order valence-electron chi connectivity index (χ0n) is 27.3. The topological polar surface area (TPSA) is 102 Å². The first-order valence-electron chi connectivity index (χ1n) is 16.8. The van der Waals surface area contributed by atoms with Gasteiger partial charge in [0.15, 0.2) is 0 Å². The maximum Gasteiger partial charge on any atom is 0.306 e. The van der Waals surface area contributed by atoms with E-state index in [2.05, 4.69) is 44.3 Å². The van der Waals surface area contributed by atoms with E-state index < -0.39 is 11.9 Å². The van der Waals surface area contributed by atoms with E-state index in [1.54, 1.807) is 0 Å². The lowest BCUT2D eigenvalue weighted by Gasteiger charge is -2.29. The molecule has 3 aromatic carbocycles. The van der Waals surface area contributed by atoms with Gasteiger partial charge >= 0.3 is 11.9 Å². The van der Waals surface area contributed by atoms with Gasteiger partial charge in [0.05, 0.1) is 12.8 Å². The number of carbonyl (C=O) groups is 3. The predicted molar refractivity (Wildman–Crippen MR) is 179 cm³/mol. The van der Waals surface area contributed by atoms with Crippen LogP contribution in [0.3, 0.4) is 0 Å². The first-order valence-corrected chi connectivity index (χ1v) is 16.8. The molecule has 46 heavy (non-hydrogen) atoms. The Balaban J connectivity index is 1.31. The molecule has 1 heterocycles. The molecule has 7 heteroatoms. The second kappa shape index (κ2) is 15.0. The minimum atomic E-state index is -1.00. The number of carbonyl (C=O) groups excluding carboxylic acids is 2. The summed E-state index contributed by atoms with van der Waals surface area (Å²) < 4.78 is 12.0. The van der Waals surface area contributed by atoms with Crippen molar-refractivity contribution in [2.75, 3.05) is 5.32 Å². The summed E-state index contributed by atoms with van der Waals surface area (Å²) in [6, 6.07) is 22.1. The van der Waals surface area contributed by atoms with Crippen molar-refractivity contribution in [3.63, 3.8) is 0 Å². The smallest absolute Gasteiger partial charge is 0.306 e. The van der Waals surface area contributed by atoms with Crippen molar-refractivity contribution in [1.29, 1.82) is 0 Å². The van der Waals surface area contributed by atoms with Gasteiger partial charge < -0.3 is 19.9 Å². The molecule has 7 nitrogen and oxygen atoms in total. The van der Waals surface area contributed by atoms with E-state index in [0.717, 1.165) is 58.7 Å². The molecule has 244 valence electrons. The molecule has 1 aliphatic heterocycles. The SMILES string of the molecule is CC(C)(C)c1ccc(CC[C@H](CC2CCCCC2)OC(=O)CCC(=O)O)cc1NC(=O)CC1c2ccccc2Oc2ccccc21. The summed E-state index contributed by atoms with van der Waals surface area (Å²) in [7, 11) is 0. The minimum Gasteiger partial charge on any atom is -0.481 e. The van der Waals surface area contributed by atoms with Crippen LogP contribution in [0, 0.1) is 5.92 Å². The van der Waals surface area contributed by atoms with Gasteiger partial charge in [-0.1, -0.05) is 101 Å². The summed E-state index contributed by atoms with van der Waals surface area (Å²) in [5.74, 6) is 0.436. The van der Waals surface area contributed by atoms with Crippen molar-refractivity contribution in [3.8, 4) is 11.5 Å². The van der Waals surface area contributed by atoms with Crippen LogP contribution in [0.4, 0.5) is 5.69 Å². The number of benzene rings is 3. The average Bonchev–Trinajstić information content (AvgIpc) is 3.02. The monoisotopic (exact) mass is 625 g/mol. The molecule has 1 saturated carbocycles. The summed E-state index contributed by atoms with van der Waals surface area (Å²) in [5, 5.41) is 12.3. The number of nitrogens with one attached hydrogen (secondary N) is 1. The number of carboxylic acids is 1. The third kappa shape index (κ3) is 8.77. The van der Waals surface area contributed by atoms with Gasteiger partial charge in [-0.25, -0.2) is 0 Å². The summed E-state index contributed by atoms with van der Waals surface area (Å²) in [4.78, 5) is 37.3. The number of carboxylic acid groups (broad SMARTS) is 1. The molecule has 2 aliphatic rings. The van der Waals surface area contributed by atoms with E-state index >= 15 is 0 Å². The number of ether oxygens (including phenoxy) is 2. The fourth-order valence-electron chi connectivity index (χ4n) is 6.92. The molecule has 1 amide bonds. The van der Waals surface area contributed by atoms with E-state index in [-0.39, 0.29) is 42.6 Å². The lowest BCUT2D eigenvalue weighted by molar-refractivity contribution is -0.153. The van der Waals surface area contributed by atoms with Crippen LogP contribution in [0.15, 0.2) is 66.7 Å². The molecule has 1 fully saturated rings. The molecular formula is C39H47NO6. The first kappa shape index (κ1) is 33.2. The van der Waals surface area contributed by atoms with Gasteiger partial charge in [-0.3, -0.25) is 14.4 Å². The van der Waals surface area contributed by atoms with Gasteiger partial charge in [0.2, 0.25) is 5.91 Å². The van der Waals surface area contributed by atoms with Crippen molar-refractivity contribution >= 4 is 23.5 Å². The van der Waals surface area contributed by atoms with Gasteiger partial charge in [0.25, 0.3) is 0 Å². The van der Waals surface area contributed by atoms with Crippen LogP contribution in [0.1, 0.15) is 113 Å². The number of esters is 1. The van der Waals surface area contributed by atoms with Gasteiger partial charge in [0.1, 0.15) is 17.6 Å².